The first-order valence-corrected chi connectivity index (χ1v) is 9.35. The quantitative estimate of drug-likeness (QED) is 0.839. The van der Waals surface area contributed by atoms with Gasteiger partial charge in [0.25, 0.3) is 5.91 Å². The SMILES string of the molecule is CC1Oc2ccccc2OC1C(=O)N1CCCC(N2CCNCC2=O)C1. The van der Waals surface area contributed by atoms with Gasteiger partial charge in [-0.25, -0.2) is 0 Å². The molecule has 2 amide bonds. The van der Waals surface area contributed by atoms with Crippen LogP contribution in [0.5, 0.6) is 11.5 Å². The van der Waals surface area contributed by atoms with Crippen LogP contribution in [0, 0.1) is 0 Å². The summed E-state index contributed by atoms with van der Waals surface area (Å²) in [7, 11) is 0. The second kappa shape index (κ2) is 7.15. The van der Waals surface area contributed by atoms with E-state index >= 15 is 0 Å². The van der Waals surface area contributed by atoms with E-state index in [9.17, 15) is 9.59 Å². The number of carbonyl (C=O) groups is 2. The summed E-state index contributed by atoms with van der Waals surface area (Å²) in [5.41, 5.74) is 0. The maximum Gasteiger partial charge on any atom is 0.267 e. The van der Waals surface area contributed by atoms with E-state index in [-0.39, 0.29) is 24.0 Å². The highest BCUT2D eigenvalue weighted by atomic mass is 16.6. The summed E-state index contributed by atoms with van der Waals surface area (Å²) in [6.45, 7) is 5.03. The molecule has 26 heavy (non-hydrogen) atoms. The van der Waals surface area contributed by atoms with Crippen LogP contribution in [0.2, 0.25) is 0 Å². The van der Waals surface area contributed by atoms with Gasteiger partial charge in [-0.05, 0) is 31.9 Å². The van der Waals surface area contributed by atoms with E-state index < -0.39 is 6.10 Å². The predicted molar refractivity (Wildman–Crippen MR) is 95.1 cm³/mol. The zero-order valence-corrected chi connectivity index (χ0v) is 15.0. The number of ether oxygens (including phenoxy) is 2. The Balaban J connectivity index is 1.45. The molecule has 4 rings (SSSR count). The van der Waals surface area contributed by atoms with Crippen molar-refractivity contribution >= 4 is 11.8 Å². The molecule has 0 radical (unpaired) electrons. The lowest BCUT2D eigenvalue weighted by atomic mass is 10.0. The van der Waals surface area contributed by atoms with Gasteiger partial charge in [-0.2, -0.15) is 0 Å². The van der Waals surface area contributed by atoms with Crippen LogP contribution in [0.4, 0.5) is 0 Å². The fourth-order valence-corrected chi connectivity index (χ4v) is 3.99. The number of likely N-dealkylation sites (tertiary alicyclic amines) is 1. The van der Waals surface area contributed by atoms with Gasteiger partial charge in [0.1, 0.15) is 6.10 Å². The van der Waals surface area contributed by atoms with Gasteiger partial charge in [-0.1, -0.05) is 12.1 Å². The van der Waals surface area contributed by atoms with Crippen molar-refractivity contribution in [2.45, 2.75) is 38.0 Å². The Labute approximate surface area is 153 Å². The van der Waals surface area contributed by atoms with Gasteiger partial charge >= 0.3 is 0 Å². The fraction of sp³-hybridized carbons (Fsp3) is 0.579. The molecule has 3 unspecified atom stereocenters. The number of hydrogen-bond acceptors (Lipinski definition) is 5. The van der Waals surface area contributed by atoms with Gasteiger partial charge in [0.05, 0.1) is 6.54 Å². The van der Waals surface area contributed by atoms with Gasteiger partial charge < -0.3 is 24.6 Å². The molecule has 0 saturated carbocycles. The fourth-order valence-electron chi connectivity index (χ4n) is 3.99. The maximum absolute atomic E-state index is 13.1. The van der Waals surface area contributed by atoms with Crippen molar-refractivity contribution in [3.8, 4) is 11.5 Å². The third-order valence-electron chi connectivity index (χ3n) is 5.36. The number of fused-ring (bicyclic) bond motifs is 1. The Kier molecular flexibility index (Phi) is 4.72. The number of amides is 2. The number of rotatable bonds is 2. The van der Waals surface area contributed by atoms with Crippen molar-refractivity contribution in [1.82, 2.24) is 15.1 Å². The van der Waals surface area contributed by atoms with Gasteiger partial charge in [-0.15, -0.1) is 0 Å². The standard InChI is InChI=1S/C19H25N3O4/c1-13-18(26-16-7-3-2-6-15(16)25-13)19(24)21-9-4-5-14(12-21)22-10-8-20-11-17(22)23/h2-3,6-7,13-14,18,20H,4-5,8-12H2,1H3. The summed E-state index contributed by atoms with van der Waals surface area (Å²) in [5, 5.41) is 3.10. The molecule has 1 aromatic rings. The van der Waals surface area contributed by atoms with Crippen LogP contribution in [-0.2, 0) is 9.59 Å². The molecule has 7 nitrogen and oxygen atoms in total. The first-order chi connectivity index (χ1) is 12.6. The number of piperidine rings is 1. The van der Waals surface area contributed by atoms with Crippen LogP contribution >= 0.6 is 0 Å². The Bertz CT molecular complexity index is 695. The monoisotopic (exact) mass is 359 g/mol. The highest BCUT2D eigenvalue weighted by Gasteiger charge is 2.39. The van der Waals surface area contributed by atoms with Crippen LogP contribution in [0.3, 0.4) is 0 Å². The van der Waals surface area contributed by atoms with Crippen molar-refractivity contribution in [1.29, 1.82) is 0 Å². The van der Waals surface area contributed by atoms with E-state index in [0.717, 1.165) is 19.4 Å². The van der Waals surface area contributed by atoms with E-state index in [1.165, 1.54) is 0 Å². The largest absolute Gasteiger partial charge is 0.482 e. The first-order valence-electron chi connectivity index (χ1n) is 9.35. The summed E-state index contributed by atoms with van der Waals surface area (Å²) in [5.74, 6) is 1.34. The van der Waals surface area contributed by atoms with Crippen molar-refractivity contribution in [3.63, 3.8) is 0 Å². The van der Waals surface area contributed by atoms with Crippen molar-refractivity contribution in [2.24, 2.45) is 0 Å². The van der Waals surface area contributed by atoms with E-state index in [4.69, 9.17) is 9.47 Å². The molecule has 0 spiro atoms. The summed E-state index contributed by atoms with van der Waals surface area (Å²) in [6.07, 6.45) is 0.836. The number of piperazine rings is 1. The Hall–Kier alpha value is -2.28. The second-order valence-corrected chi connectivity index (χ2v) is 7.15. The summed E-state index contributed by atoms with van der Waals surface area (Å²) in [4.78, 5) is 29.0. The molecule has 1 aromatic carbocycles. The molecule has 140 valence electrons. The van der Waals surface area contributed by atoms with Gasteiger partial charge in [0.15, 0.2) is 11.5 Å². The van der Waals surface area contributed by atoms with Crippen LogP contribution in [0.25, 0.3) is 0 Å². The van der Waals surface area contributed by atoms with Gasteiger partial charge in [0, 0.05) is 32.2 Å². The predicted octanol–water partition coefficient (Wildman–Crippen LogP) is 0.638. The first kappa shape index (κ1) is 17.1. The molecule has 0 bridgehead atoms. The number of nitrogens with one attached hydrogen (secondary N) is 1. The highest BCUT2D eigenvalue weighted by molar-refractivity contribution is 5.83. The zero-order valence-electron chi connectivity index (χ0n) is 15.0. The number of carbonyl (C=O) groups excluding carboxylic acids is 2. The van der Waals surface area contributed by atoms with Crippen LogP contribution < -0.4 is 14.8 Å². The van der Waals surface area contributed by atoms with Crippen molar-refractivity contribution < 1.29 is 19.1 Å². The molecular formula is C19H25N3O4. The molecule has 2 saturated heterocycles. The normalized spacial score (nSPS) is 28.8. The Morgan fingerprint density at radius 2 is 1.96 bits per heavy atom. The van der Waals surface area contributed by atoms with Crippen LogP contribution in [0.1, 0.15) is 19.8 Å². The Morgan fingerprint density at radius 1 is 1.19 bits per heavy atom. The molecule has 0 aliphatic carbocycles. The van der Waals surface area contributed by atoms with E-state index in [1.54, 1.807) is 0 Å². The minimum absolute atomic E-state index is 0.0562. The lowest BCUT2D eigenvalue weighted by Crippen LogP contribution is -2.59. The highest BCUT2D eigenvalue weighted by Crippen LogP contribution is 2.34. The molecule has 3 aliphatic heterocycles. The third-order valence-corrected chi connectivity index (χ3v) is 5.36. The molecule has 2 fully saturated rings. The third kappa shape index (κ3) is 3.23. The lowest BCUT2D eigenvalue weighted by Gasteiger charge is -2.42. The number of hydrogen-bond donors (Lipinski definition) is 1. The van der Waals surface area contributed by atoms with Gasteiger partial charge in [-0.3, -0.25) is 9.59 Å². The molecule has 3 heterocycles. The van der Waals surface area contributed by atoms with Crippen molar-refractivity contribution in [2.75, 3.05) is 32.7 Å². The number of nitrogens with zero attached hydrogens (tertiary/aromatic N) is 2. The zero-order chi connectivity index (χ0) is 18.1. The summed E-state index contributed by atoms with van der Waals surface area (Å²) < 4.78 is 11.8. The number of para-hydroxylation sites is 2. The minimum Gasteiger partial charge on any atom is -0.482 e. The second-order valence-electron chi connectivity index (χ2n) is 7.15. The van der Waals surface area contributed by atoms with E-state index in [2.05, 4.69) is 5.32 Å². The molecule has 3 aliphatic rings. The molecule has 3 atom stereocenters. The van der Waals surface area contributed by atoms with Gasteiger partial charge in [0.2, 0.25) is 12.0 Å². The average molecular weight is 359 g/mol. The lowest BCUT2D eigenvalue weighted by molar-refractivity contribution is -0.149. The van der Waals surface area contributed by atoms with E-state index in [0.29, 0.717) is 37.7 Å². The Morgan fingerprint density at radius 3 is 2.73 bits per heavy atom. The maximum atomic E-state index is 13.1. The number of benzene rings is 1. The van der Waals surface area contributed by atoms with Crippen molar-refractivity contribution in [3.05, 3.63) is 24.3 Å². The average Bonchev–Trinajstić information content (AvgIpc) is 2.67. The van der Waals surface area contributed by atoms with Crippen LogP contribution in [0.15, 0.2) is 24.3 Å². The molecule has 1 N–H and O–H groups in total. The van der Waals surface area contributed by atoms with Crippen LogP contribution in [-0.4, -0.2) is 72.6 Å². The summed E-state index contributed by atoms with van der Waals surface area (Å²) >= 11 is 0. The topological polar surface area (TPSA) is 71.1 Å². The minimum atomic E-state index is -0.651. The van der Waals surface area contributed by atoms with E-state index in [1.807, 2.05) is 41.0 Å². The molecule has 0 aromatic heterocycles. The molecule has 7 heteroatoms. The summed E-state index contributed by atoms with van der Waals surface area (Å²) in [6, 6.07) is 7.51. The molecular weight excluding hydrogens is 334 g/mol. The smallest absolute Gasteiger partial charge is 0.267 e.